The van der Waals surface area contributed by atoms with Gasteiger partial charge < -0.3 is 9.73 Å². The molecule has 1 aromatic carbocycles. The second kappa shape index (κ2) is 7.25. The van der Waals surface area contributed by atoms with Gasteiger partial charge in [0.05, 0.1) is 17.3 Å². The second-order valence-corrected chi connectivity index (χ2v) is 8.81. The number of hydrogen-bond acceptors (Lipinski definition) is 4. The largest absolute Gasteiger partial charge is 0.447 e. The van der Waals surface area contributed by atoms with Crippen molar-refractivity contribution in [2.75, 3.05) is 0 Å². The Morgan fingerprint density at radius 2 is 2.10 bits per heavy atom. The SMILES string of the molecule is CC(NC(=O)c1cnc2c(C3=CCC4(CC3)CC(F)(F)C4)cccc2c1)c1ncco1. The fraction of sp³-hybridized carbons (Fsp3) is 0.375. The van der Waals surface area contributed by atoms with Crippen LogP contribution in [0, 0.1) is 5.41 Å². The number of nitrogens with one attached hydrogen (secondary N) is 1. The fourth-order valence-electron chi connectivity index (χ4n) is 4.89. The number of carbonyl (C=O) groups excluding carboxylic acids is 1. The molecule has 0 aliphatic heterocycles. The average Bonchev–Trinajstić information content (AvgIpc) is 3.27. The number of rotatable bonds is 4. The Bertz CT molecular complexity index is 1160. The van der Waals surface area contributed by atoms with Gasteiger partial charge in [-0.2, -0.15) is 0 Å². The number of para-hydroxylation sites is 1. The zero-order valence-electron chi connectivity index (χ0n) is 17.2. The predicted octanol–water partition coefficient (Wildman–Crippen LogP) is 5.70. The van der Waals surface area contributed by atoms with Crippen LogP contribution in [-0.2, 0) is 0 Å². The van der Waals surface area contributed by atoms with Gasteiger partial charge in [0.1, 0.15) is 12.3 Å². The first-order chi connectivity index (χ1) is 14.8. The van der Waals surface area contributed by atoms with Crippen molar-refractivity contribution in [1.82, 2.24) is 15.3 Å². The molecule has 1 atom stereocenters. The molecular weight excluding hydrogens is 400 g/mol. The molecule has 2 aromatic heterocycles. The van der Waals surface area contributed by atoms with Crippen LogP contribution < -0.4 is 5.32 Å². The monoisotopic (exact) mass is 423 g/mol. The summed E-state index contributed by atoms with van der Waals surface area (Å²) in [6.45, 7) is 1.80. The third-order valence-corrected chi connectivity index (χ3v) is 6.46. The summed E-state index contributed by atoms with van der Waals surface area (Å²) in [5.74, 6) is -2.31. The Morgan fingerprint density at radius 3 is 2.77 bits per heavy atom. The van der Waals surface area contributed by atoms with E-state index in [1.165, 1.54) is 12.5 Å². The van der Waals surface area contributed by atoms with E-state index < -0.39 is 5.92 Å². The number of nitrogens with zero attached hydrogens (tertiary/aromatic N) is 2. The summed E-state index contributed by atoms with van der Waals surface area (Å²) in [5.41, 5.74) is 3.21. The maximum absolute atomic E-state index is 13.4. The van der Waals surface area contributed by atoms with Crippen LogP contribution >= 0.6 is 0 Å². The minimum atomic E-state index is -2.49. The minimum absolute atomic E-state index is 0.00197. The highest BCUT2D eigenvalue weighted by molar-refractivity contribution is 5.99. The van der Waals surface area contributed by atoms with E-state index >= 15 is 0 Å². The third kappa shape index (κ3) is 3.73. The number of amides is 1. The molecule has 3 aromatic rings. The Balaban J connectivity index is 1.36. The van der Waals surface area contributed by atoms with E-state index in [1.807, 2.05) is 24.3 Å². The zero-order valence-corrected chi connectivity index (χ0v) is 17.2. The molecule has 5 rings (SSSR count). The number of aromatic nitrogens is 2. The lowest BCUT2D eigenvalue weighted by atomic mass is 9.59. The van der Waals surface area contributed by atoms with Crippen molar-refractivity contribution < 1.29 is 18.0 Å². The van der Waals surface area contributed by atoms with Crippen LogP contribution in [0.4, 0.5) is 8.78 Å². The minimum Gasteiger partial charge on any atom is -0.447 e. The number of allylic oxidation sites excluding steroid dienone is 2. The Hall–Kier alpha value is -3.09. The molecule has 0 bridgehead atoms. The maximum atomic E-state index is 13.4. The molecule has 1 unspecified atom stereocenters. The molecule has 160 valence electrons. The van der Waals surface area contributed by atoms with Crippen LogP contribution in [0.2, 0.25) is 0 Å². The molecule has 7 heteroatoms. The summed E-state index contributed by atoms with van der Waals surface area (Å²) in [4.78, 5) is 21.3. The van der Waals surface area contributed by atoms with Gasteiger partial charge in [-0.3, -0.25) is 9.78 Å². The molecule has 0 saturated heterocycles. The predicted molar refractivity (Wildman–Crippen MR) is 113 cm³/mol. The first-order valence-electron chi connectivity index (χ1n) is 10.5. The lowest BCUT2D eigenvalue weighted by Crippen LogP contribution is -2.46. The molecule has 1 amide bonds. The van der Waals surface area contributed by atoms with Crippen LogP contribution in [0.15, 0.2) is 53.4 Å². The maximum Gasteiger partial charge on any atom is 0.253 e. The van der Waals surface area contributed by atoms with Crippen molar-refractivity contribution in [2.24, 2.45) is 5.41 Å². The van der Waals surface area contributed by atoms with Crippen LogP contribution in [0.1, 0.15) is 66.9 Å². The first-order valence-corrected chi connectivity index (χ1v) is 10.5. The fourth-order valence-corrected chi connectivity index (χ4v) is 4.89. The lowest BCUT2D eigenvalue weighted by molar-refractivity contribution is -0.163. The smallest absolute Gasteiger partial charge is 0.253 e. The van der Waals surface area contributed by atoms with Crippen molar-refractivity contribution in [2.45, 2.75) is 51.0 Å². The van der Waals surface area contributed by atoms with Gasteiger partial charge in [0, 0.05) is 30.0 Å². The Kier molecular flexibility index (Phi) is 4.64. The normalized spacial score (nSPS) is 20.2. The molecule has 2 aliphatic rings. The first kappa shape index (κ1) is 19.8. The molecular formula is C24H23F2N3O2. The summed E-state index contributed by atoms with van der Waals surface area (Å²) in [6, 6.07) is 7.35. The van der Waals surface area contributed by atoms with Crippen molar-refractivity contribution in [3.05, 3.63) is 66.0 Å². The van der Waals surface area contributed by atoms with Gasteiger partial charge >= 0.3 is 0 Å². The van der Waals surface area contributed by atoms with Gasteiger partial charge in [-0.05, 0) is 43.2 Å². The number of carbonyl (C=O) groups is 1. The molecule has 0 radical (unpaired) electrons. The summed E-state index contributed by atoms with van der Waals surface area (Å²) in [6.07, 6.45) is 8.92. The molecule has 1 fully saturated rings. The van der Waals surface area contributed by atoms with Gasteiger partial charge in [0.15, 0.2) is 0 Å². The Morgan fingerprint density at radius 1 is 1.26 bits per heavy atom. The molecule has 1 N–H and O–H groups in total. The number of fused-ring (bicyclic) bond motifs is 1. The lowest BCUT2D eigenvalue weighted by Gasteiger charge is -2.49. The summed E-state index contributed by atoms with van der Waals surface area (Å²) < 4.78 is 32.0. The summed E-state index contributed by atoms with van der Waals surface area (Å²) in [5, 5.41) is 3.73. The van der Waals surface area contributed by atoms with Crippen LogP contribution in [0.3, 0.4) is 0 Å². The van der Waals surface area contributed by atoms with Crippen LogP contribution in [-0.4, -0.2) is 21.8 Å². The second-order valence-electron chi connectivity index (χ2n) is 8.81. The summed E-state index contributed by atoms with van der Waals surface area (Å²) >= 11 is 0. The van der Waals surface area contributed by atoms with E-state index in [2.05, 4.69) is 21.4 Å². The van der Waals surface area contributed by atoms with Gasteiger partial charge in [0.25, 0.3) is 5.91 Å². The van der Waals surface area contributed by atoms with E-state index in [-0.39, 0.29) is 30.2 Å². The van der Waals surface area contributed by atoms with Gasteiger partial charge in [-0.25, -0.2) is 13.8 Å². The van der Waals surface area contributed by atoms with E-state index in [4.69, 9.17) is 4.42 Å². The van der Waals surface area contributed by atoms with Gasteiger partial charge in [-0.1, -0.05) is 24.3 Å². The number of benzene rings is 1. The van der Waals surface area contributed by atoms with E-state index in [0.29, 0.717) is 17.9 Å². The van der Waals surface area contributed by atoms with Crippen LogP contribution in [0.25, 0.3) is 16.5 Å². The van der Waals surface area contributed by atoms with Crippen LogP contribution in [0.5, 0.6) is 0 Å². The number of oxazole rings is 1. The molecule has 1 saturated carbocycles. The molecule has 2 heterocycles. The van der Waals surface area contributed by atoms with E-state index in [9.17, 15) is 13.6 Å². The molecule has 5 nitrogen and oxygen atoms in total. The molecule has 1 spiro atoms. The molecule has 31 heavy (non-hydrogen) atoms. The zero-order chi connectivity index (χ0) is 21.6. The highest BCUT2D eigenvalue weighted by Gasteiger charge is 2.55. The van der Waals surface area contributed by atoms with Crippen molar-refractivity contribution in [3.8, 4) is 0 Å². The quantitative estimate of drug-likeness (QED) is 0.585. The van der Waals surface area contributed by atoms with Crippen molar-refractivity contribution in [1.29, 1.82) is 0 Å². The number of alkyl halides is 2. The highest BCUT2D eigenvalue weighted by Crippen LogP contribution is 2.59. The number of pyridine rings is 1. The Labute approximate surface area is 178 Å². The standard InChI is InChI=1S/C24H23F2N3O2/c1-15(22-27-9-10-31-22)29-21(30)18-11-17-3-2-4-19(20(17)28-12-18)16-5-7-23(8-6-16)13-24(25,26)14-23/h2-5,9-12,15H,6-8,13-14H2,1H3,(H,29,30). The van der Waals surface area contributed by atoms with E-state index in [0.717, 1.165) is 34.9 Å². The number of hydrogen-bond donors (Lipinski definition) is 1. The number of halogens is 2. The van der Waals surface area contributed by atoms with Gasteiger partial charge in [-0.15, -0.1) is 0 Å². The van der Waals surface area contributed by atoms with Gasteiger partial charge in [0.2, 0.25) is 11.8 Å². The third-order valence-electron chi connectivity index (χ3n) is 6.46. The van der Waals surface area contributed by atoms with Crippen molar-refractivity contribution >= 4 is 22.4 Å². The topological polar surface area (TPSA) is 68.0 Å². The van der Waals surface area contributed by atoms with E-state index in [1.54, 1.807) is 13.1 Å². The molecule has 2 aliphatic carbocycles. The average molecular weight is 423 g/mol. The highest BCUT2D eigenvalue weighted by atomic mass is 19.3. The summed E-state index contributed by atoms with van der Waals surface area (Å²) in [7, 11) is 0. The van der Waals surface area contributed by atoms with Crippen molar-refractivity contribution in [3.63, 3.8) is 0 Å².